The Labute approximate surface area is 130 Å². The highest BCUT2D eigenvalue weighted by molar-refractivity contribution is 5.97. The van der Waals surface area contributed by atoms with E-state index in [1.165, 1.54) is 22.3 Å². The molecule has 1 aliphatic rings. The minimum atomic E-state index is 0.167. The van der Waals surface area contributed by atoms with Crippen molar-refractivity contribution in [2.24, 2.45) is 0 Å². The number of carbonyl (C=O) groups excluding carboxylic acids is 1. The smallest absolute Gasteiger partial charge is 0.163 e. The van der Waals surface area contributed by atoms with Gasteiger partial charge >= 0.3 is 0 Å². The van der Waals surface area contributed by atoms with Crippen LogP contribution in [0.3, 0.4) is 0 Å². The van der Waals surface area contributed by atoms with Crippen LogP contribution in [0.1, 0.15) is 33.8 Å². The van der Waals surface area contributed by atoms with Crippen LogP contribution < -0.4 is 0 Å². The summed E-state index contributed by atoms with van der Waals surface area (Å²) in [6, 6.07) is 26.4. The fourth-order valence-electron chi connectivity index (χ4n) is 3.41. The number of fused-ring (bicyclic) bond motifs is 3. The first kappa shape index (κ1) is 13.0. The minimum absolute atomic E-state index is 0.167. The molecule has 0 amide bonds. The van der Waals surface area contributed by atoms with Crippen molar-refractivity contribution in [3.05, 3.63) is 95.6 Å². The van der Waals surface area contributed by atoms with Gasteiger partial charge in [0.05, 0.1) is 0 Å². The predicted octanol–water partition coefficient (Wildman–Crippen LogP) is 5.07. The van der Waals surface area contributed by atoms with E-state index in [0.717, 1.165) is 5.56 Å². The zero-order chi connectivity index (χ0) is 14.9. The van der Waals surface area contributed by atoms with E-state index in [1.807, 2.05) is 30.3 Å². The molecule has 1 aliphatic carbocycles. The monoisotopic (exact) mass is 284 g/mol. The molecular formula is C21H16O. The van der Waals surface area contributed by atoms with Crippen LogP contribution in [-0.2, 0) is 0 Å². The third kappa shape index (κ3) is 2.06. The molecule has 0 unspecified atom stereocenters. The molecule has 22 heavy (non-hydrogen) atoms. The molecule has 0 N–H and O–H groups in total. The zero-order valence-electron chi connectivity index (χ0n) is 12.2. The minimum Gasteiger partial charge on any atom is -0.294 e. The van der Waals surface area contributed by atoms with E-state index >= 15 is 0 Å². The largest absolute Gasteiger partial charge is 0.294 e. The molecule has 106 valence electrons. The molecule has 0 radical (unpaired) electrons. The van der Waals surface area contributed by atoms with Crippen molar-refractivity contribution in [2.75, 3.05) is 0 Å². The lowest BCUT2D eigenvalue weighted by Crippen LogP contribution is -2.06. The normalized spacial score (nSPS) is 12.7. The van der Waals surface area contributed by atoms with E-state index in [1.54, 1.807) is 0 Å². The average molecular weight is 284 g/mol. The maximum Gasteiger partial charge on any atom is 0.163 e. The Morgan fingerprint density at radius 1 is 0.682 bits per heavy atom. The van der Waals surface area contributed by atoms with E-state index in [2.05, 4.69) is 48.5 Å². The van der Waals surface area contributed by atoms with Gasteiger partial charge in [-0.1, -0.05) is 78.9 Å². The quantitative estimate of drug-likeness (QED) is 0.613. The molecule has 1 heteroatoms. The van der Waals surface area contributed by atoms with Crippen LogP contribution in [0.15, 0.2) is 78.9 Å². The molecule has 0 heterocycles. The SMILES string of the molecule is O=C(CC1c2ccccc2-c2ccccc21)c1ccccc1. The summed E-state index contributed by atoms with van der Waals surface area (Å²) < 4.78 is 0. The van der Waals surface area contributed by atoms with Gasteiger partial charge in [-0.2, -0.15) is 0 Å². The molecule has 0 saturated carbocycles. The van der Waals surface area contributed by atoms with Gasteiger partial charge in [-0.3, -0.25) is 4.79 Å². The Morgan fingerprint density at radius 3 is 1.77 bits per heavy atom. The van der Waals surface area contributed by atoms with Gasteiger partial charge in [0, 0.05) is 17.9 Å². The van der Waals surface area contributed by atoms with Gasteiger partial charge in [-0.15, -0.1) is 0 Å². The maximum atomic E-state index is 12.6. The first-order chi connectivity index (χ1) is 10.8. The van der Waals surface area contributed by atoms with Crippen LogP contribution in [0.2, 0.25) is 0 Å². The van der Waals surface area contributed by atoms with Gasteiger partial charge in [0.1, 0.15) is 0 Å². The van der Waals surface area contributed by atoms with E-state index < -0.39 is 0 Å². The maximum absolute atomic E-state index is 12.6. The Balaban J connectivity index is 1.74. The zero-order valence-corrected chi connectivity index (χ0v) is 12.2. The second kappa shape index (κ2) is 5.27. The van der Waals surface area contributed by atoms with Gasteiger partial charge in [0.2, 0.25) is 0 Å². The van der Waals surface area contributed by atoms with Crippen molar-refractivity contribution in [3.63, 3.8) is 0 Å². The van der Waals surface area contributed by atoms with Gasteiger partial charge in [0.25, 0.3) is 0 Å². The van der Waals surface area contributed by atoms with Crippen LogP contribution >= 0.6 is 0 Å². The van der Waals surface area contributed by atoms with Gasteiger partial charge in [-0.05, 0) is 22.3 Å². The van der Waals surface area contributed by atoms with Crippen molar-refractivity contribution in [1.29, 1.82) is 0 Å². The fraction of sp³-hybridized carbons (Fsp3) is 0.0952. The number of hydrogen-bond donors (Lipinski definition) is 0. The second-order valence-electron chi connectivity index (χ2n) is 5.72. The van der Waals surface area contributed by atoms with Gasteiger partial charge < -0.3 is 0 Å². The highest BCUT2D eigenvalue weighted by Gasteiger charge is 2.29. The van der Waals surface area contributed by atoms with Crippen molar-refractivity contribution >= 4 is 5.78 Å². The predicted molar refractivity (Wildman–Crippen MR) is 89.1 cm³/mol. The van der Waals surface area contributed by atoms with Crippen LogP contribution in [0.5, 0.6) is 0 Å². The number of rotatable bonds is 3. The molecule has 0 fully saturated rings. The third-order valence-corrected chi connectivity index (χ3v) is 4.45. The Kier molecular flexibility index (Phi) is 3.12. The van der Waals surface area contributed by atoms with E-state index in [0.29, 0.717) is 6.42 Å². The fourth-order valence-corrected chi connectivity index (χ4v) is 3.41. The lowest BCUT2D eigenvalue weighted by atomic mass is 9.90. The van der Waals surface area contributed by atoms with Gasteiger partial charge in [0.15, 0.2) is 5.78 Å². The summed E-state index contributed by atoms with van der Waals surface area (Å²) in [5.41, 5.74) is 5.87. The molecule has 3 aromatic rings. The first-order valence-electron chi connectivity index (χ1n) is 7.61. The number of ketones is 1. The van der Waals surface area contributed by atoms with Crippen LogP contribution in [0.25, 0.3) is 11.1 Å². The summed E-state index contributed by atoms with van der Waals surface area (Å²) in [4.78, 5) is 12.6. The molecular weight excluding hydrogens is 268 g/mol. The van der Waals surface area contributed by atoms with Crippen molar-refractivity contribution in [1.82, 2.24) is 0 Å². The lowest BCUT2D eigenvalue weighted by Gasteiger charge is -2.12. The molecule has 0 bridgehead atoms. The molecule has 0 spiro atoms. The number of Topliss-reactive ketones (excluding diaryl/α,β-unsaturated/α-hetero) is 1. The number of carbonyl (C=O) groups is 1. The molecule has 0 atom stereocenters. The summed E-state index contributed by atoms with van der Waals surface area (Å²) in [6.07, 6.45) is 0.526. The number of benzene rings is 3. The standard InChI is InChI=1S/C21H16O/c22-21(15-8-2-1-3-9-15)14-20-18-12-6-4-10-16(18)17-11-5-7-13-19(17)20/h1-13,20H,14H2. The van der Waals surface area contributed by atoms with Crippen LogP contribution in [0.4, 0.5) is 0 Å². The highest BCUT2D eigenvalue weighted by atomic mass is 16.1. The highest BCUT2D eigenvalue weighted by Crippen LogP contribution is 2.46. The van der Waals surface area contributed by atoms with Crippen molar-refractivity contribution < 1.29 is 4.79 Å². The average Bonchev–Trinajstić information content (AvgIpc) is 2.90. The van der Waals surface area contributed by atoms with Gasteiger partial charge in [-0.25, -0.2) is 0 Å². The van der Waals surface area contributed by atoms with Crippen LogP contribution in [-0.4, -0.2) is 5.78 Å². The Hall–Kier alpha value is -2.67. The summed E-state index contributed by atoms with van der Waals surface area (Å²) in [7, 11) is 0. The summed E-state index contributed by atoms with van der Waals surface area (Å²) >= 11 is 0. The van der Waals surface area contributed by atoms with E-state index in [4.69, 9.17) is 0 Å². The van der Waals surface area contributed by atoms with E-state index in [-0.39, 0.29) is 11.7 Å². The lowest BCUT2D eigenvalue weighted by molar-refractivity contribution is 0.0978. The molecule has 0 saturated heterocycles. The van der Waals surface area contributed by atoms with E-state index in [9.17, 15) is 4.79 Å². The second-order valence-corrected chi connectivity index (χ2v) is 5.72. The topological polar surface area (TPSA) is 17.1 Å². The Bertz CT molecular complexity index is 788. The summed E-state index contributed by atoms with van der Waals surface area (Å²) in [5, 5.41) is 0. The first-order valence-corrected chi connectivity index (χ1v) is 7.61. The summed E-state index contributed by atoms with van der Waals surface area (Å²) in [5.74, 6) is 0.372. The van der Waals surface area contributed by atoms with Crippen LogP contribution in [0, 0.1) is 0 Å². The molecule has 1 nitrogen and oxygen atoms in total. The number of hydrogen-bond acceptors (Lipinski definition) is 1. The third-order valence-electron chi connectivity index (χ3n) is 4.45. The molecule has 0 aliphatic heterocycles. The van der Waals surface area contributed by atoms with Crippen molar-refractivity contribution in [2.45, 2.75) is 12.3 Å². The summed E-state index contributed by atoms with van der Waals surface area (Å²) in [6.45, 7) is 0. The molecule has 3 aromatic carbocycles. The molecule has 0 aromatic heterocycles. The Morgan fingerprint density at radius 2 is 1.18 bits per heavy atom. The molecule has 4 rings (SSSR count). The van der Waals surface area contributed by atoms with Crippen molar-refractivity contribution in [3.8, 4) is 11.1 Å².